The highest BCUT2D eigenvalue weighted by Gasteiger charge is 2.26. The Morgan fingerprint density at radius 2 is 2.05 bits per heavy atom. The molecule has 0 aliphatic rings. The van der Waals surface area contributed by atoms with Crippen molar-refractivity contribution in [3.63, 3.8) is 0 Å². The fourth-order valence-electron chi connectivity index (χ4n) is 1.71. The van der Waals surface area contributed by atoms with Gasteiger partial charge in [0, 0.05) is 0 Å². The third-order valence-electron chi connectivity index (χ3n) is 3.13. The van der Waals surface area contributed by atoms with E-state index in [2.05, 4.69) is 5.32 Å². The van der Waals surface area contributed by atoms with Gasteiger partial charge >= 0.3 is 5.97 Å². The van der Waals surface area contributed by atoms with E-state index in [-0.39, 0.29) is 5.92 Å². The predicted octanol–water partition coefficient (Wildman–Crippen LogP) is 2.88. The van der Waals surface area contributed by atoms with Crippen LogP contribution in [0.5, 0.6) is 0 Å². The van der Waals surface area contributed by atoms with Crippen molar-refractivity contribution in [1.29, 1.82) is 0 Å². The normalized spacial score (nSPS) is 13.7. The van der Waals surface area contributed by atoms with Gasteiger partial charge in [-0.05, 0) is 30.5 Å². The molecule has 0 bridgehead atoms. The molecule has 0 unspecified atom stereocenters. The summed E-state index contributed by atoms with van der Waals surface area (Å²) in [4.78, 5) is 23.2. The Hall–Kier alpha value is -1.55. The molecule has 1 aromatic rings. The van der Waals surface area contributed by atoms with Crippen molar-refractivity contribution >= 4 is 23.5 Å². The fourth-order valence-corrected chi connectivity index (χ4v) is 2.03. The largest absolute Gasteiger partial charge is 0.480 e. The first-order valence-corrected chi connectivity index (χ1v) is 6.54. The van der Waals surface area contributed by atoms with E-state index in [9.17, 15) is 9.59 Å². The molecule has 5 heteroatoms. The molecule has 19 heavy (non-hydrogen) atoms. The van der Waals surface area contributed by atoms with Gasteiger partial charge < -0.3 is 10.4 Å². The van der Waals surface area contributed by atoms with Crippen LogP contribution in [0.15, 0.2) is 18.2 Å². The molecule has 1 amide bonds. The molecule has 0 saturated carbocycles. The van der Waals surface area contributed by atoms with Gasteiger partial charge in [0.15, 0.2) is 0 Å². The molecule has 0 fully saturated rings. The monoisotopic (exact) mass is 283 g/mol. The van der Waals surface area contributed by atoms with Crippen molar-refractivity contribution in [2.24, 2.45) is 5.92 Å². The molecule has 104 valence electrons. The molecule has 2 atom stereocenters. The lowest BCUT2D eigenvalue weighted by Crippen LogP contribution is -2.45. The van der Waals surface area contributed by atoms with E-state index in [1.807, 2.05) is 13.8 Å². The number of halogens is 1. The minimum absolute atomic E-state index is 0.148. The predicted molar refractivity (Wildman–Crippen MR) is 74.5 cm³/mol. The number of carboxylic acids is 1. The zero-order valence-corrected chi connectivity index (χ0v) is 12.0. The summed E-state index contributed by atoms with van der Waals surface area (Å²) in [5.41, 5.74) is 1.24. The summed E-state index contributed by atoms with van der Waals surface area (Å²) in [5.74, 6) is -1.64. The van der Waals surface area contributed by atoms with Gasteiger partial charge in [0.05, 0.1) is 10.6 Å². The Kier molecular flexibility index (Phi) is 5.36. The van der Waals surface area contributed by atoms with Crippen LogP contribution >= 0.6 is 11.6 Å². The topological polar surface area (TPSA) is 66.4 Å². The summed E-state index contributed by atoms with van der Waals surface area (Å²) >= 11 is 5.99. The molecule has 0 aromatic heterocycles. The fraction of sp³-hybridized carbons (Fsp3) is 0.429. The number of aryl methyl sites for hydroxylation is 1. The van der Waals surface area contributed by atoms with Crippen LogP contribution in [0.1, 0.15) is 36.2 Å². The van der Waals surface area contributed by atoms with E-state index in [0.717, 1.165) is 5.56 Å². The Morgan fingerprint density at radius 1 is 1.42 bits per heavy atom. The van der Waals surface area contributed by atoms with Crippen molar-refractivity contribution in [3.8, 4) is 0 Å². The van der Waals surface area contributed by atoms with E-state index in [1.165, 1.54) is 0 Å². The zero-order valence-electron chi connectivity index (χ0n) is 11.2. The van der Waals surface area contributed by atoms with Crippen molar-refractivity contribution in [2.45, 2.75) is 33.2 Å². The molecule has 0 radical (unpaired) electrons. The van der Waals surface area contributed by atoms with Gasteiger partial charge in [-0.3, -0.25) is 4.79 Å². The van der Waals surface area contributed by atoms with Crippen LogP contribution in [0, 0.1) is 12.8 Å². The summed E-state index contributed by atoms with van der Waals surface area (Å²) in [6, 6.07) is 4.13. The Balaban J connectivity index is 2.91. The maximum Gasteiger partial charge on any atom is 0.326 e. The van der Waals surface area contributed by atoms with Crippen molar-refractivity contribution in [3.05, 3.63) is 34.3 Å². The van der Waals surface area contributed by atoms with Crippen LogP contribution in [0.4, 0.5) is 0 Å². The van der Waals surface area contributed by atoms with Gasteiger partial charge in [-0.25, -0.2) is 4.79 Å². The average molecular weight is 284 g/mol. The molecule has 0 saturated heterocycles. The van der Waals surface area contributed by atoms with Crippen LogP contribution in [0.3, 0.4) is 0 Å². The van der Waals surface area contributed by atoms with Gasteiger partial charge in [-0.2, -0.15) is 0 Å². The summed E-state index contributed by atoms with van der Waals surface area (Å²) in [5, 5.41) is 12.0. The van der Waals surface area contributed by atoms with Gasteiger partial charge in [-0.1, -0.05) is 37.9 Å². The number of carboxylic acid groups (broad SMARTS) is 1. The Morgan fingerprint density at radius 3 is 2.53 bits per heavy atom. The van der Waals surface area contributed by atoms with Crippen LogP contribution < -0.4 is 5.32 Å². The molecule has 0 aliphatic heterocycles. The lowest BCUT2D eigenvalue weighted by atomic mass is 9.99. The smallest absolute Gasteiger partial charge is 0.326 e. The van der Waals surface area contributed by atoms with Gasteiger partial charge in [0.1, 0.15) is 6.04 Å². The van der Waals surface area contributed by atoms with Crippen LogP contribution in [-0.2, 0) is 4.79 Å². The van der Waals surface area contributed by atoms with E-state index in [0.29, 0.717) is 17.0 Å². The van der Waals surface area contributed by atoms with E-state index in [1.54, 1.807) is 25.1 Å². The number of carbonyl (C=O) groups is 2. The number of hydrogen-bond donors (Lipinski definition) is 2. The number of benzene rings is 1. The number of carbonyl (C=O) groups excluding carboxylic acids is 1. The highest BCUT2D eigenvalue weighted by molar-refractivity contribution is 6.33. The van der Waals surface area contributed by atoms with E-state index >= 15 is 0 Å². The molecule has 0 aliphatic carbocycles. The second-order valence-electron chi connectivity index (χ2n) is 4.66. The standard InChI is InChI=1S/C14H18ClNO3/c1-4-9(3)12(14(18)19)16-13(17)10-6-5-8(2)7-11(10)15/h5-7,9,12H,4H2,1-3H3,(H,16,17)(H,18,19)/t9-,12-/m0/s1. The SMILES string of the molecule is CC[C@H](C)[C@H](NC(=O)c1ccc(C)cc1Cl)C(=O)O. The molecular formula is C14H18ClNO3. The summed E-state index contributed by atoms with van der Waals surface area (Å²) in [6.07, 6.45) is 0.666. The molecule has 2 N–H and O–H groups in total. The van der Waals surface area contributed by atoms with Gasteiger partial charge in [-0.15, -0.1) is 0 Å². The molecule has 0 heterocycles. The third kappa shape index (κ3) is 3.96. The van der Waals surface area contributed by atoms with Crippen molar-refractivity contribution in [2.75, 3.05) is 0 Å². The molecular weight excluding hydrogens is 266 g/mol. The summed E-state index contributed by atoms with van der Waals surface area (Å²) in [6.45, 7) is 5.54. The second kappa shape index (κ2) is 6.57. The summed E-state index contributed by atoms with van der Waals surface area (Å²) in [7, 11) is 0. The third-order valence-corrected chi connectivity index (χ3v) is 3.45. The number of rotatable bonds is 5. The zero-order chi connectivity index (χ0) is 14.6. The first-order valence-electron chi connectivity index (χ1n) is 6.16. The maximum atomic E-state index is 12.1. The molecule has 0 spiro atoms. The highest BCUT2D eigenvalue weighted by Crippen LogP contribution is 2.18. The quantitative estimate of drug-likeness (QED) is 0.873. The van der Waals surface area contributed by atoms with Crippen molar-refractivity contribution in [1.82, 2.24) is 5.32 Å². The summed E-state index contributed by atoms with van der Waals surface area (Å²) < 4.78 is 0. The van der Waals surface area contributed by atoms with Crippen LogP contribution in [-0.4, -0.2) is 23.0 Å². The lowest BCUT2D eigenvalue weighted by molar-refractivity contribution is -0.140. The lowest BCUT2D eigenvalue weighted by Gasteiger charge is -2.20. The van der Waals surface area contributed by atoms with Crippen molar-refractivity contribution < 1.29 is 14.7 Å². The number of aliphatic carboxylic acids is 1. The number of hydrogen-bond acceptors (Lipinski definition) is 2. The number of nitrogens with one attached hydrogen (secondary N) is 1. The maximum absolute atomic E-state index is 12.1. The molecule has 1 rings (SSSR count). The number of amides is 1. The Labute approximate surface area is 117 Å². The Bertz CT molecular complexity index is 488. The minimum Gasteiger partial charge on any atom is -0.480 e. The van der Waals surface area contributed by atoms with Crippen LogP contribution in [0.25, 0.3) is 0 Å². The van der Waals surface area contributed by atoms with E-state index < -0.39 is 17.9 Å². The van der Waals surface area contributed by atoms with Gasteiger partial charge in [0.25, 0.3) is 5.91 Å². The van der Waals surface area contributed by atoms with Gasteiger partial charge in [0.2, 0.25) is 0 Å². The average Bonchev–Trinajstić information content (AvgIpc) is 2.34. The first kappa shape index (κ1) is 15.5. The second-order valence-corrected chi connectivity index (χ2v) is 5.07. The van der Waals surface area contributed by atoms with Crippen LogP contribution in [0.2, 0.25) is 5.02 Å². The minimum atomic E-state index is -1.04. The van der Waals surface area contributed by atoms with E-state index in [4.69, 9.17) is 16.7 Å². The highest BCUT2D eigenvalue weighted by atomic mass is 35.5. The molecule has 1 aromatic carbocycles. The first-order chi connectivity index (χ1) is 8.86. The molecule has 4 nitrogen and oxygen atoms in total.